The van der Waals surface area contributed by atoms with E-state index >= 15 is 0 Å². The van der Waals surface area contributed by atoms with Gasteiger partial charge in [-0.1, -0.05) is 12.1 Å². The molecule has 0 aromatic heterocycles. The standard InChI is InChI=1S/C17H21NO4/c1-12-7-8-13(11-14(12)18)21-9-10-22-17-15(19-2)5-4-6-16(17)20-3/h4-8,11H,9-10,18H2,1-3H3. The Labute approximate surface area is 130 Å². The van der Waals surface area contributed by atoms with Crippen LogP contribution in [0.3, 0.4) is 0 Å². The Balaban J connectivity index is 1.92. The van der Waals surface area contributed by atoms with Crippen LogP contribution in [0.25, 0.3) is 0 Å². The number of methoxy groups -OCH3 is 2. The highest BCUT2D eigenvalue weighted by Gasteiger charge is 2.11. The lowest BCUT2D eigenvalue weighted by Gasteiger charge is -2.14. The molecule has 0 spiro atoms. The third-order valence-electron chi connectivity index (χ3n) is 3.23. The van der Waals surface area contributed by atoms with Gasteiger partial charge in [0.2, 0.25) is 5.75 Å². The van der Waals surface area contributed by atoms with Crippen LogP contribution in [0.15, 0.2) is 36.4 Å². The summed E-state index contributed by atoms with van der Waals surface area (Å²) in [6, 6.07) is 11.1. The molecule has 0 aliphatic rings. The summed E-state index contributed by atoms with van der Waals surface area (Å²) in [7, 11) is 3.18. The molecule has 5 heteroatoms. The van der Waals surface area contributed by atoms with E-state index in [0.717, 1.165) is 11.3 Å². The van der Waals surface area contributed by atoms with Crippen LogP contribution in [-0.2, 0) is 0 Å². The fourth-order valence-corrected chi connectivity index (χ4v) is 1.97. The van der Waals surface area contributed by atoms with Crippen LogP contribution >= 0.6 is 0 Å². The number of ether oxygens (including phenoxy) is 4. The van der Waals surface area contributed by atoms with Gasteiger partial charge >= 0.3 is 0 Å². The molecule has 2 aromatic rings. The predicted molar refractivity (Wildman–Crippen MR) is 86.1 cm³/mol. The molecule has 118 valence electrons. The maximum Gasteiger partial charge on any atom is 0.203 e. The minimum atomic E-state index is 0.366. The van der Waals surface area contributed by atoms with Crippen LogP contribution in [0, 0.1) is 6.92 Å². The van der Waals surface area contributed by atoms with Crippen molar-refractivity contribution in [3.8, 4) is 23.0 Å². The first-order valence-corrected chi connectivity index (χ1v) is 6.98. The number of hydrogen-bond acceptors (Lipinski definition) is 5. The molecule has 0 saturated carbocycles. The van der Waals surface area contributed by atoms with E-state index in [1.165, 1.54) is 0 Å². The van der Waals surface area contributed by atoms with E-state index in [9.17, 15) is 0 Å². The van der Waals surface area contributed by atoms with Crippen molar-refractivity contribution in [2.45, 2.75) is 6.92 Å². The molecular formula is C17H21NO4. The zero-order valence-electron chi connectivity index (χ0n) is 13.1. The van der Waals surface area contributed by atoms with Crippen molar-refractivity contribution in [3.05, 3.63) is 42.0 Å². The van der Waals surface area contributed by atoms with Gasteiger partial charge in [-0.15, -0.1) is 0 Å². The second-order valence-corrected chi connectivity index (χ2v) is 4.71. The molecule has 0 heterocycles. The van der Waals surface area contributed by atoms with E-state index in [-0.39, 0.29) is 0 Å². The molecule has 5 nitrogen and oxygen atoms in total. The Morgan fingerprint density at radius 1 is 0.909 bits per heavy atom. The fraction of sp³-hybridized carbons (Fsp3) is 0.294. The molecule has 0 saturated heterocycles. The quantitative estimate of drug-likeness (QED) is 0.629. The second-order valence-electron chi connectivity index (χ2n) is 4.71. The van der Waals surface area contributed by atoms with Gasteiger partial charge in [0.25, 0.3) is 0 Å². The van der Waals surface area contributed by atoms with Crippen LogP contribution in [0.4, 0.5) is 5.69 Å². The van der Waals surface area contributed by atoms with Gasteiger partial charge in [-0.05, 0) is 30.7 Å². The van der Waals surface area contributed by atoms with E-state index in [1.54, 1.807) is 20.3 Å². The summed E-state index contributed by atoms with van der Waals surface area (Å²) in [6.07, 6.45) is 0. The summed E-state index contributed by atoms with van der Waals surface area (Å²) in [5, 5.41) is 0. The Morgan fingerprint density at radius 3 is 2.14 bits per heavy atom. The highest BCUT2D eigenvalue weighted by molar-refractivity contribution is 5.51. The average Bonchev–Trinajstić information content (AvgIpc) is 2.54. The lowest BCUT2D eigenvalue weighted by molar-refractivity contribution is 0.205. The summed E-state index contributed by atoms with van der Waals surface area (Å²) in [4.78, 5) is 0. The number of rotatable bonds is 7. The summed E-state index contributed by atoms with van der Waals surface area (Å²) in [5.74, 6) is 2.54. The third-order valence-corrected chi connectivity index (χ3v) is 3.23. The number of nitrogen functional groups attached to an aromatic ring is 1. The molecular weight excluding hydrogens is 282 g/mol. The molecule has 0 aliphatic carbocycles. The van der Waals surface area contributed by atoms with E-state index in [1.807, 2.05) is 37.3 Å². The lowest BCUT2D eigenvalue weighted by atomic mass is 10.2. The lowest BCUT2D eigenvalue weighted by Crippen LogP contribution is -2.10. The zero-order valence-corrected chi connectivity index (χ0v) is 13.1. The molecule has 2 N–H and O–H groups in total. The number of para-hydroxylation sites is 1. The van der Waals surface area contributed by atoms with Gasteiger partial charge in [0.15, 0.2) is 11.5 Å². The highest BCUT2D eigenvalue weighted by atomic mass is 16.6. The first kappa shape index (κ1) is 15.8. The highest BCUT2D eigenvalue weighted by Crippen LogP contribution is 2.36. The van der Waals surface area contributed by atoms with E-state index in [2.05, 4.69) is 0 Å². The van der Waals surface area contributed by atoms with Crippen LogP contribution < -0.4 is 24.7 Å². The number of anilines is 1. The second kappa shape index (κ2) is 7.45. The smallest absolute Gasteiger partial charge is 0.203 e. The molecule has 0 radical (unpaired) electrons. The summed E-state index contributed by atoms with van der Waals surface area (Å²) >= 11 is 0. The minimum Gasteiger partial charge on any atom is -0.493 e. The summed E-state index contributed by atoms with van der Waals surface area (Å²) in [5.41, 5.74) is 7.59. The number of benzene rings is 2. The number of aryl methyl sites for hydroxylation is 1. The topological polar surface area (TPSA) is 62.9 Å². The maximum absolute atomic E-state index is 5.85. The largest absolute Gasteiger partial charge is 0.493 e. The summed E-state index contributed by atoms with van der Waals surface area (Å²) in [6.45, 7) is 2.71. The molecule has 0 atom stereocenters. The van der Waals surface area contributed by atoms with Gasteiger partial charge in [-0.25, -0.2) is 0 Å². The van der Waals surface area contributed by atoms with Crippen molar-refractivity contribution in [1.29, 1.82) is 0 Å². The minimum absolute atomic E-state index is 0.366. The first-order valence-electron chi connectivity index (χ1n) is 6.98. The zero-order chi connectivity index (χ0) is 15.9. The van der Waals surface area contributed by atoms with Gasteiger partial charge in [0, 0.05) is 11.8 Å². The van der Waals surface area contributed by atoms with Crippen molar-refractivity contribution < 1.29 is 18.9 Å². The van der Waals surface area contributed by atoms with Crippen LogP contribution in [0.1, 0.15) is 5.56 Å². The van der Waals surface area contributed by atoms with Crippen LogP contribution in [-0.4, -0.2) is 27.4 Å². The van der Waals surface area contributed by atoms with Crippen LogP contribution in [0.5, 0.6) is 23.0 Å². The van der Waals surface area contributed by atoms with Crippen molar-refractivity contribution in [3.63, 3.8) is 0 Å². The Hall–Kier alpha value is -2.56. The molecule has 0 unspecified atom stereocenters. The van der Waals surface area contributed by atoms with E-state index < -0.39 is 0 Å². The average molecular weight is 303 g/mol. The molecule has 2 rings (SSSR count). The monoisotopic (exact) mass is 303 g/mol. The Kier molecular flexibility index (Phi) is 5.36. The fourth-order valence-electron chi connectivity index (χ4n) is 1.97. The van der Waals surface area contributed by atoms with Gasteiger partial charge in [0.05, 0.1) is 14.2 Å². The Bertz CT molecular complexity index is 606. The summed E-state index contributed by atoms with van der Waals surface area (Å²) < 4.78 is 21.9. The molecule has 0 amide bonds. The third kappa shape index (κ3) is 3.75. The van der Waals surface area contributed by atoms with Gasteiger partial charge in [0.1, 0.15) is 19.0 Å². The van der Waals surface area contributed by atoms with E-state index in [4.69, 9.17) is 24.7 Å². The molecule has 0 aliphatic heterocycles. The van der Waals surface area contributed by atoms with Crippen LogP contribution in [0.2, 0.25) is 0 Å². The number of nitrogens with two attached hydrogens (primary N) is 1. The molecule has 0 fully saturated rings. The number of hydrogen-bond donors (Lipinski definition) is 1. The van der Waals surface area contributed by atoms with Crippen molar-refractivity contribution in [2.24, 2.45) is 0 Å². The predicted octanol–water partition coefficient (Wildman–Crippen LogP) is 3.05. The Morgan fingerprint density at radius 2 is 1.55 bits per heavy atom. The first-order chi connectivity index (χ1) is 10.7. The van der Waals surface area contributed by atoms with Crippen molar-refractivity contribution in [1.82, 2.24) is 0 Å². The molecule has 0 bridgehead atoms. The van der Waals surface area contributed by atoms with Gasteiger partial charge in [-0.3, -0.25) is 0 Å². The van der Waals surface area contributed by atoms with E-state index in [0.29, 0.717) is 36.1 Å². The molecule has 2 aromatic carbocycles. The van der Waals surface area contributed by atoms with Crippen molar-refractivity contribution >= 4 is 5.69 Å². The van der Waals surface area contributed by atoms with Gasteiger partial charge < -0.3 is 24.7 Å². The molecule has 22 heavy (non-hydrogen) atoms. The SMILES string of the molecule is COc1cccc(OC)c1OCCOc1ccc(C)c(N)c1. The normalized spacial score (nSPS) is 10.1. The van der Waals surface area contributed by atoms with Crippen molar-refractivity contribution in [2.75, 3.05) is 33.2 Å². The van der Waals surface area contributed by atoms with Gasteiger partial charge in [-0.2, -0.15) is 0 Å². The maximum atomic E-state index is 5.85.